The molecule has 1 aliphatic carbocycles. The molecule has 0 bridgehead atoms. The molecule has 2 rings (SSSR count). The number of nitrogens with zero attached hydrogens (tertiary/aromatic N) is 1. The Labute approximate surface area is 96.5 Å². The molecular weight excluding hydrogens is 228 g/mol. The monoisotopic (exact) mass is 240 g/mol. The fraction of sp³-hybridized carbons (Fsp3) is 0.500. The second kappa shape index (κ2) is 4.21. The van der Waals surface area contributed by atoms with E-state index in [2.05, 4.69) is 10.3 Å². The van der Waals surface area contributed by atoms with Crippen LogP contribution in [0.2, 0.25) is 0 Å². The third kappa shape index (κ3) is 1.80. The van der Waals surface area contributed by atoms with E-state index in [1.807, 2.05) is 0 Å². The molecule has 0 atom stereocenters. The van der Waals surface area contributed by atoms with Crippen LogP contribution in [0.25, 0.3) is 0 Å². The molecule has 86 valence electrons. The number of carbonyl (C=O) groups excluding carboxylic acids is 1. The van der Waals surface area contributed by atoms with Crippen LogP contribution in [0.5, 0.6) is 0 Å². The van der Waals surface area contributed by atoms with Crippen molar-refractivity contribution >= 4 is 23.2 Å². The summed E-state index contributed by atoms with van der Waals surface area (Å²) in [6, 6.07) is 0. The molecule has 1 heterocycles. The van der Waals surface area contributed by atoms with Crippen molar-refractivity contribution in [1.29, 1.82) is 0 Å². The summed E-state index contributed by atoms with van der Waals surface area (Å²) in [7, 11) is 0. The Bertz CT molecular complexity index is 398. The van der Waals surface area contributed by atoms with E-state index in [-0.39, 0.29) is 5.91 Å². The summed E-state index contributed by atoms with van der Waals surface area (Å²) in [5.41, 5.74) is 0.502. The second-order valence-electron chi connectivity index (χ2n) is 3.89. The van der Waals surface area contributed by atoms with Gasteiger partial charge in [-0.05, 0) is 12.8 Å². The molecule has 6 heteroatoms. The van der Waals surface area contributed by atoms with E-state index in [1.54, 1.807) is 11.7 Å². The molecule has 0 aromatic carbocycles. The van der Waals surface area contributed by atoms with Gasteiger partial charge in [0.1, 0.15) is 5.41 Å². The summed E-state index contributed by atoms with van der Waals surface area (Å²) in [4.78, 5) is 27.6. The molecule has 0 unspecified atom stereocenters. The van der Waals surface area contributed by atoms with Crippen molar-refractivity contribution < 1.29 is 14.7 Å². The standard InChI is InChI=1S/C10H12N2O3S/c13-8(10(9(14)15)2-1-3-10)12-5-7-4-11-6-16-7/h4,6H,1-3,5H2,(H,12,13)(H,14,15). The van der Waals surface area contributed by atoms with Crippen molar-refractivity contribution in [2.75, 3.05) is 0 Å². The van der Waals surface area contributed by atoms with Gasteiger partial charge in [-0.2, -0.15) is 0 Å². The van der Waals surface area contributed by atoms with Crippen LogP contribution in [0.1, 0.15) is 24.1 Å². The maximum Gasteiger partial charge on any atom is 0.319 e. The molecule has 0 saturated heterocycles. The van der Waals surface area contributed by atoms with Gasteiger partial charge in [0.2, 0.25) is 5.91 Å². The smallest absolute Gasteiger partial charge is 0.319 e. The van der Waals surface area contributed by atoms with Crippen LogP contribution in [0.15, 0.2) is 11.7 Å². The summed E-state index contributed by atoms with van der Waals surface area (Å²) >= 11 is 1.44. The molecule has 1 aliphatic rings. The predicted molar refractivity (Wildman–Crippen MR) is 57.9 cm³/mol. The second-order valence-corrected chi connectivity index (χ2v) is 4.86. The number of carbonyl (C=O) groups is 2. The van der Waals surface area contributed by atoms with Crippen LogP contribution >= 0.6 is 11.3 Å². The zero-order valence-electron chi connectivity index (χ0n) is 8.60. The van der Waals surface area contributed by atoms with Crippen LogP contribution in [0, 0.1) is 5.41 Å². The van der Waals surface area contributed by atoms with E-state index in [0.29, 0.717) is 19.4 Å². The zero-order chi connectivity index (χ0) is 11.6. The summed E-state index contributed by atoms with van der Waals surface area (Å²) < 4.78 is 0. The zero-order valence-corrected chi connectivity index (χ0v) is 9.42. The largest absolute Gasteiger partial charge is 0.480 e. The molecule has 0 aliphatic heterocycles. The van der Waals surface area contributed by atoms with E-state index >= 15 is 0 Å². The third-order valence-corrected chi connectivity index (χ3v) is 3.74. The van der Waals surface area contributed by atoms with Gasteiger partial charge >= 0.3 is 5.97 Å². The number of nitrogens with one attached hydrogen (secondary N) is 1. The molecule has 0 spiro atoms. The Balaban J connectivity index is 1.95. The van der Waals surface area contributed by atoms with Crippen molar-refractivity contribution in [2.24, 2.45) is 5.41 Å². The summed E-state index contributed by atoms with van der Waals surface area (Å²) in [5, 5.41) is 11.7. The Morgan fingerprint density at radius 2 is 2.31 bits per heavy atom. The number of hydrogen-bond donors (Lipinski definition) is 2. The molecule has 1 aromatic heterocycles. The topological polar surface area (TPSA) is 79.3 Å². The molecule has 0 radical (unpaired) electrons. The van der Waals surface area contributed by atoms with Gasteiger partial charge in [-0.3, -0.25) is 14.6 Å². The lowest BCUT2D eigenvalue weighted by Gasteiger charge is -2.35. The first-order valence-electron chi connectivity index (χ1n) is 5.04. The van der Waals surface area contributed by atoms with E-state index in [9.17, 15) is 9.59 Å². The number of hydrogen-bond acceptors (Lipinski definition) is 4. The molecule has 1 saturated carbocycles. The molecule has 1 amide bonds. The lowest BCUT2D eigenvalue weighted by molar-refractivity contribution is -0.162. The predicted octanol–water partition coefficient (Wildman–Crippen LogP) is 1.01. The highest BCUT2D eigenvalue weighted by atomic mass is 32.1. The van der Waals surface area contributed by atoms with Crippen LogP contribution in [0.3, 0.4) is 0 Å². The number of amides is 1. The highest BCUT2D eigenvalue weighted by molar-refractivity contribution is 7.09. The average Bonchev–Trinajstić information content (AvgIpc) is 2.64. The number of aromatic nitrogens is 1. The maximum atomic E-state index is 11.8. The van der Waals surface area contributed by atoms with E-state index in [4.69, 9.17) is 5.11 Å². The van der Waals surface area contributed by atoms with Gasteiger partial charge in [0.25, 0.3) is 0 Å². The third-order valence-electron chi connectivity index (χ3n) is 2.96. The Morgan fingerprint density at radius 1 is 1.56 bits per heavy atom. The Morgan fingerprint density at radius 3 is 2.75 bits per heavy atom. The van der Waals surface area contributed by atoms with Crippen molar-refractivity contribution in [1.82, 2.24) is 10.3 Å². The van der Waals surface area contributed by atoms with Crippen molar-refractivity contribution in [3.63, 3.8) is 0 Å². The molecule has 1 aromatic rings. The van der Waals surface area contributed by atoms with Crippen LogP contribution in [-0.2, 0) is 16.1 Å². The highest BCUT2D eigenvalue weighted by Gasteiger charge is 2.50. The normalized spacial score (nSPS) is 17.5. The minimum atomic E-state index is -1.18. The molecular formula is C10H12N2O3S. The van der Waals surface area contributed by atoms with E-state index in [0.717, 1.165) is 11.3 Å². The van der Waals surface area contributed by atoms with Gasteiger partial charge in [-0.15, -0.1) is 11.3 Å². The SMILES string of the molecule is O=C(O)C1(C(=O)NCc2cncs2)CCC1. The van der Waals surface area contributed by atoms with Gasteiger partial charge in [0.05, 0.1) is 12.1 Å². The van der Waals surface area contributed by atoms with Crippen molar-refractivity contribution in [3.05, 3.63) is 16.6 Å². The van der Waals surface area contributed by atoms with Gasteiger partial charge in [0.15, 0.2) is 0 Å². The lowest BCUT2D eigenvalue weighted by Crippen LogP contribution is -2.50. The number of carboxylic acid groups (broad SMARTS) is 1. The van der Waals surface area contributed by atoms with Crippen LogP contribution < -0.4 is 5.32 Å². The van der Waals surface area contributed by atoms with Crippen LogP contribution in [0.4, 0.5) is 0 Å². The number of aliphatic carboxylic acids is 1. The Hall–Kier alpha value is -1.43. The quantitative estimate of drug-likeness (QED) is 0.770. The molecule has 1 fully saturated rings. The minimum absolute atomic E-state index is 0.360. The van der Waals surface area contributed by atoms with E-state index in [1.165, 1.54) is 11.3 Å². The number of thiazole rings is 1. The average molecular weight is 240 g/mol. The first-order valence-corrected chi connectivity index (χ1v) is 5.92. The highest BCUT2D eigenvalue weighted by Crippen LogP contribution is 2.41. The molecule has 5 nitrogen and oxygen atoms in total. The lowest BCUT2D eigenvalue weighted by atomic mass is 9.68. The maximum absolute atomic E-state index is 11.8. The van der Waals surface area contributed by atoms with Gasteiger partial charge < -0.3 is 10.4 Å². The first-order chi connectivity index (χ1) is 7.65. The molecule has 2 N–H and O–H groups in total. The van der Waals surface area contributed by atoms with Gasteiger partial charge in [-0.25, -0.2) is 0 Å². The number of rotatable bonds is 4. The first kappa shape index (κ1) is 11.1. The van der Waals surface area contributed by atoms with Crippen molar-refractivity contribution in [2.45, 2.75) is 25.8 Å². The minimum Gasteiger partial charge on any atom is -0.480 e. The van der Waals surface area contributed by atoms with E-state index < -0.39 is 11.4 Å². The summed E-state index contributed by atoms with van der Waals surface area (Å²) in [6.07, 6.45) is 3.35. The van der Waals surface area contributed by atoms with Crippen molar-refractivity contribution in [3.8, 4) is 0 Å². The van der Waals surface area contributed by atoms with Crippen LogP contribution in [-0.4, -0.2) is 22.0 Å². The van der Waals surface area contributed by atoms with Gasteiger partial charge in [-0.1, -0.05) is 6.42 Å². The van der Waals surface area contributed by atoms with Gasteiger partial charge in [0, 0.05) is 11.1 Å². The fourth-order valence-corrected chi connectivity index (χ4v) is 2.27. The Kier molecular flexibility index (Phi) is 2.91. The number of carboxylic acids is 1. The summed E-state index contributed by atoms with van der Waals surface area (Å²) in [6.45, 7) is 0.360. The summed E-state index contributed by atoms with van der Waals surface area (Å²) in [5.74, 6) is -1.39. The molecule has 16 heavy (non-hydrogen) atoms. The fourth-order valence-electron chi connectivity index (χ4n) is 1.73.